The molecule has 1 aromatic carbocycles. The van der Waals surface area contributed by atoms with E-state index in [1.54, 1.807) is 12.1 Å². The van der Waals surface area contributed by atoms with Gasteiger partial charge < -0.3 is 10.1 Å². The van der Waals surface area contributed by atoms with Gasteiger partial charge in [0, 0.05) is 11.1 Å². The Morgan fingerprint density at radius 2 is 1.79 bits per heavy atom. The molecule has 0 spiro atoms. The molecule has 3 nitrogen and oxygen atoms in total. The van der Waals surface area contributed by atoms with E-state index in [9.17, 15) is 4.79 Å². The van der Waals surface area contributed by atoms with Crippen molar-refractivity contribution in [3.63, 3.8) is 0 Å². The number of rotatable bonds is 5. The van der Waals surface area contributed by atoms with Crippen molar-refractivity contribution in [3.8, 4) is 5.75 Å². The highest BCUT2D eigenvalue weighted by Gasteiger charge is 2.14. The smallest absolute Gasteiger partial charge is 0.251 e. The molecule has 0 aromatic heterocycles. The molecule has 0 atom stereocenters. The van der Waals surface area contributed by atoms with E-state index < -0.39 is 0 Å². The molecule has 0 heterocycles. The lowest BCUT2D eigenvalue weighted by Gasteiger charge is -2.20. The first-order valence-corrected chi connectivity index (χ1v) is 6.83. The van der Waals surface area contributed by atoms with Crippen molar-refractivity contribution in [1.82, 2.24) is 5.32 Å². The number of benzene rings is 1. The van der Waals surface area contributed by atoms with E-state index in [0.29, 0.717) is 18.1 Å². The summed E-state index contributed by atoms with van der Waals surface area (Å²) >= 11 is 0. The van der Waals surface area contributed by atoms with Gasteiger partial charge in [0.1, 0.15) is 5.75 Å². The van der Waals surface area contributed by atoms with Crippen molar-refractivity contribution in [1.29, 1.82) is 0 Å². The van der Waals surface area contributed by atoms with E-state index in [1.807, 2.05) is 32.9 Å². The first kappa shape index (κ1) is 15.5. The average molecular weight is 263 g/mol. The molecule has 0 bridgehead atoms. The summed E-state index contributed by atoms with van der Waals surface area (Å²) < 4.78 is 5.62. The second-order valence-corrected chi connectivity index (χ2v) is 6.26. The number of amides is 1. The number of hydrogen-bond donors (Lipinski definition) is 1. The van der Waals surface area contributed by atoms with Crippen molar-refractivity contribution in [3.05, 3.63) is 29.8 Å². The van der Waals surface area contributed by atoms with Crippen LogP contribution in [0.4, 0.5) is 0 Å². The first-order chi connectivity index (χ1) is 8.78. The molecule has 0 aliphatic carbocycles. The summed E-state index contributed by atoms with van der Waals surface area (Å²) in [6.45, 7) is 11.0. The van der Waals surface area contributed by atoms with Gasteiger partial charge in [0.05, 0.1) is 6.61 Å². The highest BCUT2D eigenvalue weighted by molar-refractivity contribution is 5.94. The van der Waals surface area contributed by atoms with Crippen LogP contribution in [0, 0.1) is 5.92 Å². The van der Waals surface area contributed by atoms with Gasteiger partial charge in [-0.25, -0.2) is 0 Å². The maximum absolute atomic E-state index is 11.9. The Labute approximate surface area is 116 Å². The fraction of sp³-hybridized carbons (Fsp3) is 0.562. The first-order valence-electron chi connectivity index (χ1n) is 6.83. The number of ether oxygens (including phenoxy) is 1. The Morgan fingerprint density at radius 3 is 2.26 bits per heavy atom. The monoisotopic (exact) mass is 263 g/mol. The zero-order valence-electron chi connectivity index (χ0n) is 12.6. The van der Waals surface area contributed by atoms with Gasteiger partial charge in [0.25, 0.3) is 5.91 Å². The molecule has 19 heavy (non-hydrogen) atoms. The standard InChI is InChI=1S/C16H25NO2/c1-12(2)10-11-19-14-8-6-13(7-9-14)15(18)17-16(3,4)5/h6-9,12H,10-11H2,1-5H3,(H,17,18). The van der Waals surface area contributed by atoms with Crippen LogP contribution in [0.5, 0.6) is 5.75 Å². The maximum atomic E-state index is 11.9. The Morgan fingerprint density at radius 1 is 1.21 bits per heavy atom. The molecule has 3 heteroatoms. The minimum Gasteiger partial charge on any atom is -0.494 e. The van der Waals surface area contributed by atoms with E-state index >= 15 is 0 Å². The third kappa shape index (κ3) is 6.27. The van der Waals surface area contributed by atoms with E-state index in [2.05, 4.69) is 19.2 Å². The fourth-order valence-electron chi connectivity index (χ4n) is 1.53. The van der Waals surface area contributed by atoms with Crippen molar-refractivity contribution < 1.29 is 9.53 Å². The van der Waals surface area contributed by atoms with Crippen LogP contribution in [0.2, 0.25) is 0 Å². The van der Waals surface area contributed by atoms with Crippen LogP contribution in [-0.4, -0.2) is 18.1 Å². The summed E-state index contributed by atoms with van der Waals surface area (Å²) in [6, 6.07) is 7.29. The predicted molar refractivity (Wildman–Crippen MR) is 78.6 cm³/mol. The Kier molecular flexibility index (Phi) is 5.40. The van der Waals surface area contributed by atoms with E-state index in [-0.39, 0.29) is 11.4 Å². The third-order valence-corrected chi connectivity index (χ3v) is 2.57. The molecule has 1 N–H and O–H groups in total. The van der Waals surface area contributed by atoms with Crippen LogP contribution in [-0.2, 0) is 0 Å². The minimum absolute atomic E-state index is 0.0544. The van der Waals surface area contributed by atoms with Crippen molar-refractivity contribution in [2.24, 2.45) is 5.92 Å². The zero-order valence-corrected chi connectivity index (χ0v) is 12.6. The second kappa shape index (κ2) is 6.60. The molecule has 0 aliphatic rings. The summed E-state index contributed by atoms with van der Waals surface area (Å²) in [5, 5.41) is 2.93. The van der Waals surface area contributed by atoms with Gasteiger partial charge in [-0.3, -0.25) is 4.79 Å². The summed E-state index contributed by atoms with van der Waals surface area (Å²) in [7, 11) is 0. The lowest BCUT2D eigenvalue weighted by molar-refractivity contribution is 0.0919. The lowest BCUT2D eigenvalue weighted by atomic mass is 10.1. The quantitative estimate of drug-likeness (QED) is 0.880. The van der Waals surface area contributed by atoms with Gasteiger partial charge in [0.2, 0.25) is 0 Å². The Hall–Kier alpha value is -1.51. The number of carbonyl (C=O) groups is 1. The molecular formula is C16H25NO2. The van der Waals surface area contributed by atoms with Crippen LogP contribution in [0.1, 0.15) is 51.4 Å². The molecule has 1 aromatic rings. The van der Waals surface area contributed by atoms with Gasteiger partial charge in [-0.05, 0) is 57.4 Å². The van der Waals surface area contributed by atoms with E-state index in [0.717, 1.165) is 12.2 Å². The fourth-order valence-corrected chi connectivity index (χ4v) is 1.53. The number of hydrogen-bond acceptors (Lipinski definition) is 2. The van der Waals surface area contributed by atoms with Crippen molar-refractivity contribution in [2.45, 2.75) is 46.6 Å². The van der Waals surface area contributed by atoms with Crippen LogP contribution < -0.4 is 10.1 Å². The molecule has 1 amide bonds. The van der Waals surface area contributed by atoms with Gasteiger partial charge in [-0.15, -0.1) is 0 Å². The molecule has 106 valence electrons. The van der Waals surface area contributed by atoms with E-state index in [4.69, 9.17) is 4.74 Å². The molecular weight excluding hydrogens is 238 g/mol. The average Bonchev–Trinajstić information content (AvgIpc) is 2.27. The predicted octanol–water partition coefficient (Wildman–Crippen LogP) is 3.64. The van der Waals surface area contributed by atoms with Crippen LogP contribution in [0.15, 0.2) is 24.3 Å². The lowest BCUT2D eigenvalue weighted by Crippen LogP contribution is -2.40. The molecule has 0 aliphatic heterocycles. The van der Waals surface area contributed by atoms with Gasteiger partial charge in [-0.2, -0.15) is 0 Å². The number of nitrogens with one attached hydrogen (secondary N) is 1. The minimum atomic E-state index is -0.219. The highest BCUT2D eigenvalue weighted by Crippen LogP contribution is 2.14. The molecule has 0 fully saturated rings. The second-order valence-electron chi connectivity index (χ2n) is 6.26. The molecule has 0 saturated heterocycles. The zero-order chi connectivity index (χ0) is 14.5. The third-order valence-electron chi connectivity index (χ3n) is 2.57. The van der Waals surface area contributed by atoms with Crippen LogP contribution in [0.25, 0.3) is 0 Å². The molecule has 0 saturated carbocycles. The number of carbonyl (C=O) groups excluding carboxylic acids is 1. The van der Waals surface area contributed by atoms with Gasteiger partial charge >= 0.3 is 0 Å². The SMILES string of the molecule is CC(C)CCOc1ccc(C(=O)NC(C)(C)C)cc1. The summed E-state index contributed by atoms with van der Waals surface area (Å²) in [5.74, 6) is 1.39. The summed E-state index contributed by atoms with van der Waals surface area (Å²) in [4.78, 5) is 11.9. The molecule has 0 unspecified atom stereocenters. The highest BCUT2D eigenvalue weighted by atomic mass is 16.5. The van der Waals surface area contributed by atoms with Crippen LogP contribution in [0.3, 0.4) is 0 Å². The normalized spacial score (nSPS) is 11.5. The van der Waals surface area contributed by atoms with Crippen molar-refractivity contribution in [2.75, 3.05) is 6.61 Å². The molecule has 0 radical (unpaired) electrons. The largest absolute Gasteiger partial charge is 0.494 e. The maximum Gasteiger partial charge on any atom is 0.251 e. The topological polar surface area (TPSA) is 38.3 Å². The van der Waals surface area contributed by atoms with Crippen LogP contribution >= 0.6 is 0 Å². The summed E-state index contributed by atoms with van der Waals surface area (Å²) in [6.07, 6.45) is 1.03. The Bertz CT molecular complexity index is 402. The van der Waals surface area contributed by atoms with Gasteiger partial charge in [0.15, 0.2) is 0 Å². The van der Waals surface area contributed by atoms with E-state index in [1.165, 1.54) is 0 Å². The van der Waals surface area contributed by atoms with Crippen molar-refractivity contribution >= 4 is 5.91 Å². The molecule has 1 rings (SSSR count). The Balaban J connectivity index is 2.54. The van der Waals surface area contributed by atoms with Gasteiger partial charge in [-0.1, -0.05) is 13.8 Å². The summed E-state index contributed by atoms with van der Waals surface area (Å²) in [5.41, 5.74) is 0.440.